The summed E-state index contributed by atoms with van der Waals surface area (Å²) in [6.07, 6.45) is 3.52. The van der Waals surface area contributed by atoms with Crippen LogP contribution in [0.15, 0.2) is 0 Å². The van der Waals surface area contributed by atoms with E-state index in [1.807, 2.05) is 0 Å². The number of ether oxygens (including phenoxy) is 1. The number of rotatable bonds is 1. The molecule has 2 saturated heterocycles. The summed E-state index contributed by atoms with van der Waals surface area (Å²) >= 11 is 0. The summed E-state index contributed by atoms with van der Waals surface area (Å²) in [7, 11) is 0. The SMILES string of the molecule is CCN1CCCOC12CCN(C(C)(C)C)CC2. The Bertz CT molecular complexity index is 251. The first-order chi connectivity index (χ1) is 7.98. The average Bonchev–Trinajstić information content (AvgIpc) is 2.29. The van der Waals surface area contributed by atoms with Gasteiger partial charge >= 0.3 is 0 Å². The highest BCUT2D eigenvalue weighted by Gasteiger charge is 2.43. The Morgan fingerprint density at radius 3 is 2.29 bits per heavy atom. The molecule has 2 fully saturated rings. The van der Waals surface area contributed by atoms with Crippen LogP contribution in [0.3, 0.4) is 0 Å². The number of hydrogen-bond acceptors (Lipinski definition) is 3. The molecule has 0 aromatic rings. The van der Waals surface area contributed by atoms with Gasteiger partial charge in [0.05, 0.1) is 6.61 Å². The van der Waals surface area contributed by atoms with Gasteiger partial charge in [-0.3, -0.25) is 9.80 Å². The fraction of sp³-hybridized carbons (Fsp3) is 1.00. The van der Waals surface area contributed by atoms with Crippen LogP contribution in [0.25, 0.3) is 0 Å². The summed E-state index contributed by atoms with van der Waals surface area (Å²) < 4.78 is 6.17. The van der Waals surface area contributed by atoms with Crippen LogP contribution in [0.1, 0.15) is 47.0 Å². The zero-order chi connectivity index (χ0) is 12.5. The summed E-state index contributed by atoms with van der Waals surface area (Å²) in [6, 6.07) is 0. The van der Waals surface area contributed by atoms with Crippen molar-refractivity contribution in [2.24, 2.45) is 0 Å². The summed E-state index contributed by atoms with van der Waals surface area (Å²) in [5.74, 6) is 0. The fourth-order valence-electron chi connectivity index (χ4n) is 3.25. The molecule has 2 rings (SSSR count). The Morgan fingerprint density at radius 1 is 1.12 bits per heavy atom. The topological polar surface area (TPSA) is 15.7 Å². The van der Waals surface area contributed by atoms with Gasteiger partial charge in [-0.15, -0.1) is 0 Å². The number of likely N-dealkylation sites (tertiary alicyclic amines) is 1. The largest absolute Gasteiger partial charge is 0.360 e. The van der Waals surface area contributed by atoms with Crippen molar-refractivity contribution in [2.45, 2.75) is 58.2 Å². The van der Waals surface area contributed by atoms with Crippen molar-refractivity contribution in [1.29, 1.82) is 0 Å². The second-order valence-corrected chi connectivity index (χ2v) is 6.39. The molecule has 2 aliphatic rings. The van der Waals surface area contributed by atoms with Crippen LogP contribution in [0.5, 0.6) is 0 Å². The van der Waals surface area contributed by atoms with Crippen LogP contribution in [-0.4, -0.2) is 53.8 Å². The highest BCUT2D eigenvalue weighted by molar-refractivity contribution is 4.92. The summed E-state index contributed by atoms with van der Waals surface area (Å²) in [4.78, 5) is 5.14. The number of piperidine rings is 1. The van der Waals surface area contributed by atoms with Crippen LogP contribution in [-0.2, 0) is 4.74 Å². The van der Waals surface area contributed by atoms with E-state index in [4.69, 9.17) is 4.74 Å². The highest BCUT2D eigenvalue weighted by Crippen LogP contribution is 2.35. The summed E-state index contributed by atoms with van der Waals surface area (Å²) in [5, 5.41) is 0. The van der Waals surface area contributed by atoms with E-state index in [0.717, 1.165) is 26.0 Å². The second kappa shape index (κ2) is 4.87. The fourth-order valence-corrected chi connectivity index (χ4v) is 3.25. The van der Waals surface area contributed by atoms with Crippen LogP contribution in [0.2, 0.25) is 0 Å². The maximum absolute atomic E-state index is 6.17. The third-order valence-electron chi connectivity index (χ3n) is 4.39. The monoisotopic (exact) mass is 240 g/mol. The molecule has 0 unspecified atom stereocenters. The molecule has 2 heterocycles. The molecule has 2 aliphatic heterocycles. The molecule has 0 saturated carbocycles. The standard InChI is InChI=1S/C14H28N2O/c1-5-15-9-6-12-17-14(15)7-10-16(11-8-14)13(2,3)4/h5-12H2,1-4H3. The quantitative estimate of drug-likeness (QED) is 0.699. The van der Waals surface area contributed by atoms with Gasteiger partial charge in [0, 0.05) is 38.0 Å². The maximum atomic E-state index is 6.17. The highest BCUT2D eigenvalue weighted by atomic mass is 16.5. The zero-order valence-corrected chi connectivity index (χ0v) is 12.0. The number of nitrogens with zero attached hydrogens (tertiary/aromatic N) is 2. The lowest BCUT2D eigenvalue weighted by molar-refractivity contribution is -0.211. The third kappa shape index (κ3) is 2.67. The molecule has 0 aromatic carbocycles. The van der Waals surface area contributed by atoms with E-state index in [1.165, 1.54) is 26.1 Å². The van der Waals surface area contributed by atoms with E-state index in [2.05, 4.69) is 37.5 Å². The molecule has 0 amide bonds. The van der Waals surface area contributed by atoms with Gasteiger partial charge in [-0.1, -0.05) is 6.92 Å². The van der Waals surface area contributed by atoms with Gasteiger partial charge in [-0.05, 0) is 33.7 Å². The zero-order valence-electron chi connectivity index (χ0n) is 12.0. The molecular formula is C14H28N2O. The minimum absolute atomic E-state index is 0.0642. The summed E-state index contributed by atoms with van der Waals surface area (Å²) in [6.45, 7) is 14.8. The molecule has 1 spiro atoms. The van der Waals surface area contributed by atoms with Gasteiger partial charge in [-0.2, -0.15) is 0 Å². The third-order valence-corrected chi connectivity index (χ3v) is 4.39. The van der Waals surface area contributed by atoms with Gasteiger partial charge in [0.25, 0.3) is 0 Å². The predicted molar refractivity (Wildman–Crippen MR) is 71.1 cm³/mol. The van der Waals surface area contributed by atoms with Crippen molar-refractivity contribution in [3.63, 3.8) is 0 Å². The van der Waals surface area contributed by atoms with Crippen LogP contribution >= 0.6 is 0 Å². The molecule has 0 N–H and O–H groups in total. The van der Waals surface area contributed by atoms with E-state index in [1.54, 1.807) is 0 Å². The minimum Gasteiger partial charge on any atom is -0.360 e. The average molecular weight is 240 g/mol. The van der Waals surface area contributed by atoms with Crippen LogP contribution < -0.4 is 0 Å². The summed E-state index contributed by atoms with van der Waals surface area (Å²) in [5.41, 5.74) is 0.363. The molecule has 0 aliphatic carbocycles. The van der Waals surface area contributed by atoms with Crippen molar-refractivity contribution < 1.29 is 4.74 Å². The molecule has 0 radical (unpaired) electrons. The molecule has 17 heavy (non-hydrogen) atoms. The van der Waals surface area contributed by atoms with Gasteiger partial charge in [0.15, 0.2) is 0 Å². The molecule has 100 valence electrons. The molecule has 0 atom stereocenters. The van der Waals surface area contributed by atoms with E-state index in [9.17, 15) is 0 Å². The van der Waals surface area contributed by atoms with E-state index in [-0.39, 0.29) is 5.72 Å². The van der Waals surface area contributed by atoms with Gasteiger partial charge in [-0.25, -0.2) is 0 Å². The van der Waals surface area contributed by atoms with Crippen LogP contribution in [0, 0.1) is 0 Å². The maximum Gasteiger partial charge on any atom is 0.124 e. The van der Waals surface area contributed by atoms with Crippen molar-refractivity contribution >= 4 is 0 Å². The Labute approximate surface area is 106 Å². The molecule has 0 bridgehead atoms. The number of hydrogen-bond donors (Lipinski definition) is 0. The molecule has 3 nitrogen and oxygen atoms in total. The Balaban J connectivity index is 2.00. The lowest BCUT2D eigenvalue weighted by Gasteiger charge is -2.52. The van der Waals surface area contributed by atoms with Crippen molar-refractivity contribution in [2.75, 3.05) is 32.8 Å². The van der Waals surface area contributed by atoms with Gasteiger partial charge in [0.1, 0.15) is 5.72 Å². The Hall–Kier alpha value is -0.120. The lowest BCUT2D eigenvalue weighted by atomic mass is 9.92. The normalized spacial score (nSPS) is 27.5. The van der Waals surface area contributed by atoms with E-state index >= 15 is 0 Å². The first-order valence-electron chi connectivity index (χ1n) is 7.12. The molecular weight excluding hydrogens is 212 g/mol. The molecule has 0 aromatic heterocycles. The lowest BCUT2D eigenvalue weighted by Crippen LogP contribution is -2.61. The minimum atomic E-state index is 0.0642. The van der Waals surface area contributed by atoms with E-state index in [0.29, 0.717) is 5.54 Å². The van der Waals surface area contributed by atoms with Crippen molar-refractivity contribution in [3.8, 4) is 0 Å². The first kappa shape index (κ1) is 13.3. The smallest absolute Gasteiger partial charge is 0.124 e. The van der Waals surface area contributed by atoms with E-state index < -0.39 is 0 Å². The van der Waals surface area contributed by atoms with Gasteiger partial charge < -0.3 is 4.74 Å². The van der Waals surface area contributed by atoms with Crippen molar-refractivity contribution in [3.05, 3.63) is 0 Å². The van der Waals surface area contributed by atoms with Crippen LogP contribution in [0.4, 0.5) is 0 Å². The molecule has 3 heteroatoms. The predicted octanol–water partition coefficient (Wildman–Crippen LogP) is 2.32. The van der Waals surface area contributed by atoms with Gasteiger partial charge in [0.2, 0.25) is 0 Å². The Morgan fingerprint density at radius 2 is 1.76 bits per heavy atom. The first-order valence-corrected chi connectivity index (χ1v) is 7.12. The Kier molecular flexibility index (Phi) is 3.81. The van der Waals surface area contributed by atoms with Crippen molar-refractivity contribution in [1.82, 2.24) is 9.80 Å². The second-order valence-electron chi connectivity index (χ2n) is 6.39.